The summed E-state index contributed by atoms with van der Waals surface area (Å²) in [5, 5.41) is 7.05. The van der Waals surface area contributed by atoms with Gasteiger partial charge in [-0.05, 0) is 44.2 Å². The van der Waals surface area contributed by atoms with Gasteiger partial charge >= 0.3 is 0 Å². The lowest BCUT2D eigenvalue weighted by atomic mass is 10.1. The van der Waals surface area contributed by atoms with Crippen LogP contribution in [-0.4, -0.2) is 29.4 Å². The van der Waals surface area contributed by atoms with E-state index in [0.717, 1.165) is 26.6 Å². The Morgan fingerprint density at radius 2 is 2.12 bits per heavy atom. The van der Waals surface area contributed by atoms with E-state index >= 15 is 0 Å². The summed E-state index contributed by atoms with van der Waals surface area (Å²) >= 11 is 1.62. The Labute approximate surface area is 154 Å². The van der Waals surface area contributed by atoms with E-state index in [0.29, 0.717) is 5.69 Å². The van der Waals surface area contributed by atoms with E-state index < -0.39 is 6.04 Å². The highest BCUT2D eigenvalue weighted by Crippen LogP contribution is 2.30. The van der Waals surface area contributed by atoms with E-state index in [2.05, 4.69) is 15.6 Å². The Morgan fingerprint density at radius 1 is 1.31 bits per heavy atom. The maximum Gasteiger partial charge on any atom is 0.249 e. The highest BCUT2D eigenvalue weighted by atomic mass is 32.1. The third kappa shape index (κ3) is 3.01. The summed E-state index contributed by atoms with van der Waals surface area (Å²) in [4.78, 5) is 30.9. The van der Waals surface area contributed by atoms with E-state index in [1.165, 1.54) is 4.90 Å². The Bertz CT molecular complexity index is 1010. The van der Waals surface area contributed by atoms with Crippen LogP contribution in [0, 0.1) is 6.92 Å². The van der Waals surface area contributed by atoms with Gasteiger partial charge in [-0.2, -0.15) is 0 Å². The lowest BCUT2D eigenvalue weighted by Gasteiger charge is -2.31. The number of nitrogens with zero attached hydrogens (tertiary/aromatic N) is 2. The minimum Gasteiger partial charge on any atom is -0.374 e. The Hall–Kier alpha value is -2.93. The molecule has 3 aromatic rings. The van der Waals surface area contributed by atoms with Gasteiger partial charge in [-0.25, -0.2) is 4.98 Å². The molecule has 0 aliphatic carbocycles. The number of aryl methyl sites for hydroxylation is 1. The minimum atomic E-state index is -0.472. The van der Waals surface area contributed by atoms with Gasteiger partial charge in [0.05, 0.1) is 26.6 Å². The van der Waals surface area contributed by atoms with Gasteiger partial charge in [-0.1, -0.05) is 12.1 Å². The molecule has 0 spiro atoms. The van der Waals surface area contributed by atoms with Gasteiger partial charge < -0.3 is 10.6 Å². The molecule has 0 fully saturated rings. The number of aromatic nitrogens is 1. The summed E-state index contributed by atoms with van der Waals surface area (Å²) in [5.41, 5.74) is 3.19. The lowest BCUT2D eigenvalue weighted by Crippen LogP contribution is -2.47. The van der Waals surface area contributed by atoms with Crippen molar-refractivity contribution >= 4 is 50.4 Å². The molecule has 0 saturated heterocycles. The molecule has 0 saturated carbocycles. The molecule has 2 heterocycles. The second-order valence-corrected chi connectivity index (χ2v) is 7.51. The number of amides is 2. The molecule has 4 rings (SSSR count). The Morgan fingerprint density at radius 3 is 2.96 bits per heavy atom. The van der Waals surface area contributed by atoms with Crippen LogP contribution in [0.5, 0.6) is 0 Å². The van der Waals surface area contributed by atoms with Gasteiger partial charge in [-0.15, -0.1) is 11.3 Å². The van der Waals surface area contributed by atoms with E-state index in [1.807, 2.05) is 43.3 Å². The zero-order chi connectivity index (χ0) is 18.3. The largest absolute Gasteiger partial charge is 0.374 e. The number of hydrogen-bond acceptors (Lipinski definition) is 5. The molecule has 2 N–H and O–H groups in total. The fourth-order valence-electron chi connectivity index (χ4n) is 3.10. The fourth-order valence-corrected chi connectivity index (χ4v) is 3.97. The molecule has 0 bridgehead atoms. The van der Waals surface area contributed by atoms with Crippen LogP contribution in [-0.2, 0) is 9.59 Å². The van der Waals surface area contributed by atoms with Gasteiger partial charge in [0.2, 0.25) is 11.8 Å². The number of anilines is 3. The molecule has 0 radical (unpaired) electrons. The molecule has 132 valence electrons. The summed E-state index contributed by atoms with van der Waals surface area (Å²) in [6.45, 7) is 3.80. The number of carbonyl (C=O) groups excluding carboxylic acids is 2. The van der Waals surface area contributed by atoms with Crippen molar-refractivity contribution in [2.75, 3.05) is 22.1 Å². The number of hydrogen-bond donors (Lipinski definition) is 2. The lowest BCUT2D eigenvalue weighted by molar-refractivity contribution is -0.122. The van der Waals surface area contributed by atoms with Crippen molar-refractivity contribution in [3.8, 4) is 0 Å². The topological polar surface area (TPSA) is 74.3 Å². The quantitative estimate of drug-likeness (QED) is 0.745. The zero-order valence-electron chi connectivity index (χ0n) is 14.4. The van der Waals surface area contributed by atoms with Crippen molar-refractivity contribution in [2.45, 2.75) is 19.9 Å². The number of fused-ring (bicyclic) bond motifs is 2. The molecule has 1 aliphatic rings. The molecule has 2 aromatic carbocycles. The molecule has 26 heavy (non-hydrogen) atoms. The maximum absolute atomic E-state index is 13.0. The van der Waals surface area contributed by atoms with E-state index in [4.69, 9.17) is 0 Å². The first kappa shape index (κ1) is 16.5. The van der Waals surface area contributed by atoms with Gasteiger partial charge in [-0.3, -0.25) is 14.5 Å². The average molecular weight is 366 g/mol. The second kappa shape index (κ2) is 6.42. The number of benzene rings is 2. The Balaban J connectivity index is 1.56. The van der Waals surface area contributed by atoms with Gasteiger partial charge in [0.1, 0.15) is 12.6 Å². The molecule has 7 heteroatoms. The number of rotatable bonds is 3. The standard InChI is InChI=1S/C19H18N4O2S/c1-11(20-13-7-8-15-17(9-13)26-12(2)21-15)19(25)23-10-18(24)22-14-5-3-4-6-16(14)23/h3-9,11,20H,10H2,1-2H3,(H,22,24). The number of thiazole rings is 1. The first-order valence-corrected chi connectivity index (χ1v) is 9.17. The van der Waals surface area contributed by atoms with Crippen molar-refractivity contribution in [2.24, 2.45) is 0 Å². The van der Waals surface area contributed by atoms with E-state index in [-0.39, 0.29) is 18.4 Å². The summed E-state index contributed by atoms with van der Waals surface area (Å²) in [6, 6.07) is 12.7. The van der Waals surface area contributed by atoms with Crippen LogP contribution in [0.15, 0.2) is 42.5 Å². The second-order valence-electron chi connectivity index (χ2n) is 6.27. The third-order valence-electron chi connectivity index (χ3n) is 4.29. The third-order valence-corrected chi connectivity index (χ3v) is 5.22. The fraction of sp³-hybridized carbons (Fsp3) is 0.211. The number of para-hydroxylation sites is 2. The van der Waals surface area contributed by atoms with Crippen LogP contribution in [0.25, 0.3) is 10.2 Å². The van der Waals surface area contributed by atoms with Gasteiger partial charge in [0.15, 0.2) is 0 Å². The van der Waals surface area contributed by atoms with Crippen molar-refractivity contribution in [1.82, 2.24) is 4.98 Å². The van der Waals surface area contributed by atoms with E-state index in [1.54, 1.807) is 24.3 Å². The van der Waals surface area contributed by atoms with Crippen LogP contribution < -0.4 is 15.5 Å². The predicted molar refractivity (Wildman–Crippen MR) is 105 cm³/mol. The minimum absolute atomic E-state index is 0.0228. The van der Waals surface area contributed by atoms with Crippen LogP contribution >= 0.6 is 11.3 Å². The highest BCUT2D eigenvalue weighted by molar-refractivity contribution is 7.18. The van der Waals surface area contributed by atoms with Crippen molar-refractivity contribution in [3.05, 3.63) is 47.5 Å². The molecular weight excluding hydrogens is 348 g/mol. The predicted octanol–water partition coefficient (Wildman–Crippen LogP) is 3.39. The van der Waals surface area contributed by atoms with Crippen LogP contribution in [0.2, 0.25) is 0 Å². The first-order valence-electron chi connectivity index (χ1n) is 8.35. The summed E-state index contributed by atoms with van der Waals surface area (Å²) in [7, 11) is 0. The van der Waals surface area contributed by atoms with Crippen LogP contribution in [0.1, 0.15) is 11.9 Å². The molecule has 1 unspecified atom stereocenters. The van der Waals surface area contributed by atoms with Crippen LogP contribution in [0.4, 0.5) is 17.1 Å². The average Bonchev–Trinajstić information content (AvgIpc) is 2.99. The van der Waals surface area contributed by atoms with Crippen molar-refractivity contribution < 1.29 is 9.59 Å². The first-order chi connectivity index (χ1) is 12.5. The molecule has 1 aromatic heterocycles. The normalized spacial score (nSPS) is 14.7. The number of nitrogens with one attached hydrogen (secondary N) is 2. The molecule has 1 atom stereocenters. The summed E-state index contributed by atoms with van der Waals surface area (Å²) in [6.07, 6.45) is 0. The highest BCUT2D eigenvalue weighted by Gasteiger charge is 2.29. The zero-order valence-corrected chi connectivity index (χ0v) is 15.3. The maximum atomic E-state index is 13.0. The monoisotopic (exact) mass is 366 g/mol. The van der Waals surface area contributed by atoms with Crippen molar-refractivity contribution in [1.29, 1.82) is 0 Å². The van der Waals surface area contributed by atoms with Crippen molar-refractivity contribution in [3.63, 3.8) is 0 Å². The molecular formula is C19H18N4O2S. The summed E-state index contributed by atoms with van der Waals surface area (Å²) < 4.78 is 1.08. The summed E-state index contributed by atoms with van der Waals surface area (Å²) in [5.74, 6) is -0.335. The molecule has 1 aliphatic heterocycles. The SMILES string of the molecule is Cc1nc2ccc(NC(C)C(=O)N3CC(=O)Nc4ccccc43)cc2s1. The van der Waals surface area contributed by atoms with Crippen LogP contribution in [0.3, 0.4) is 0 Å². The van der Waals surface area contributed by atoms with Gasteiger partial charge in [0, 0.05) is 5.69 Å². The molecule has 2 amide bonds. The Kier molecular flexibility index (Phi) is 4.08. The number of carbonyl (C=O) groups is 2. The molecule has 6 nitrogen and oxygen atoms in total. The smallest absolute Gasteiger partial charge is 0.249 e. The van der Waals surface area contributed by atoms with E-state index in [9.17, 15) is 9.59 Å². The van der Waals surface area contributed by atoms with Gasteiger partial charge in [0.25, 0.3) is 0 Å².